The van der Waals surface area contributed by atoms with E-state index in [1.807, 2.05) is 13.0 Å². The molecule has 0 saturated heterocycles. The van der Waals surface area contributed by atoms with Crippen LogP contribution in [0.4, 0.5) is 5.69 Å². The van der Waals surface area contributed by atoms with E-state index >= 15 is 0 Å². The van der Waals surface area contributed by atoms with Gasteiger partial charge in [-0.15, -0.1) is 0 Å². The number of nitrogens with zero attached hydrogens (tertiary/aromatic N) is 2. The predicted octanol–water partition coefficient (Wildman–Crippen LogP) is 3.86. The molecule has 0 radical (unpaired) electrons. The van der Waals surface area contributed by atoms with Gasteiger partial charge in [-0.05, 0) is 29.7 Å². The van der Waals surface area contributed by atoms with Gasteiger partial charge in [0.25, 0.3) is 5.91 Å². The maximum atomic E-state index is 12.5. The highest BCUT2D eigenvalue weighted by atomic mass is 16.4. The average Bonchev–Trinajstić information content (AvgIpc) is 2.60. The molecule has 2 aromatic rings. The highest BCUT2D eigenvalue weighted by Gasteiger charge is 2.33. The molecule has 3 rings (SSSR count). The van der Waals surface area contributed by atoms with Crippen molar-refractivity contribution in [2.24, 2.45) is 0 Å². The lowest BCUT2D eigenvalue weighted by Crippen LogP contribution is -2.29. The Morgan fingerprint density at radius 3 is 1.96 bits per heavy atom. The third kappa shape index (κ3) is 3.47. The van der Waals surface area contributed by atoms with Gasteiger partial charge in [-0.3, -0.25) is 4.79 Å². The topological polar surface area (TPSA) is 92.2 Å². The van der Waals surface area contributed by atoms with Crippen LogP contribution in [-0.4, -0.2) is 27.0 Å². The summed E-state index contributed by atoms with van der Waals surface area (Å²) in [6, 6.07) is 4.14. The van der Waals surface area contributed by atoms with Gasteiger partial charge in [0, 0.05) is 16.5 Å². The van der Waals surface area contributed by atoms with Gasteiger partial charge in [0.1, 0.15) is 5.69 Å². The predicted molar refractivity (Wildman–Crippen MR) is 103 cm³/mol. The SMILES string of the molecule is Cc1cc2c(cc1NC(=O)c1cnc(C(=O)O)cn1)C(C)(C)C=CC2(C)C. The summed E-state index contributed by atoms with van der Waals surface area (Å²) in [5.74, 6) is -1.61. The molecule has 0 aliphatic heterocycles. The van der Waals surface area contributed by atoms with Gasteiger partial charge in [-0.2, -0.15) is 0 Å². The Bertz CT molecular complexity index is 957. The summed E-state index contributed by atoms with van der Waals surface area (Å²) in [6.07, 6.45) is 6.68. The molecule has 0 unspecified atom stereocenters. The summed E-state index contributed by atoms with van der Waals surface area (Å²) in [4.78, 5) is 31.0. The molecule has 1 heterocycles. The molecule has 6 nitrogen and oxygen atoms in total. The number of amides is 1. The van der Waals surface area contributed by atoms with Crippen molar-refractivity contribution in [3.05, 3.63) is 64.8 Å². The molecule has 0 atom stereocenters. The summed E-state index contributed by atoms with van der Waals surface area (Å²) >= 11 is 0. The van der Waals surface area contributed by atoms with Crippen LogP contribution in [0.3, 0.4) is 0 Å². The van der Waals surface area contributed by atoms with Crippen LogP contribution in [0.2, 0.25) is 0 Å². The number of aryl methyl sites for hydroxylation is 1. The Morgan fingerprint density at radius 1 is 0.926 bits per heavy atom. The van der Waals surface area contributed by atoms with Gasteiger partial charge >= 0.3 is 5.97 Å². The molecule has 1 aromatic heterocycles. The summed E-state index contributed by atoms with van der Waals surface area (Å²) in [5, 5.41) is 11.8. The van der Waals surface area contributed by atoms with E-state index in [4.69, 9.17) is 5.11 Å². The van der Waals surface area contributed by atoms with Crippen molar-refractivity contribution in [1.82, 2.24) is 9.97 Å². The quantitative estimate of drug-likeness (QED) is 0.806. The number of carboxylic acids is 1. The third-order valence-corrected chi connectivity index (χ3v) is 5.02. The zero-order chi connectivity index (χ0) is 20.0. The number of carbonyl (C=O) groups excluding carboxylic acids is 1. The first-order valence-corrected chi connectivity index (χ1v) is 8.74. The van der Waals surface area contributed by atoms with Gasteiger partial charge in [0.15, 0.2) is 5.69 Å². The zero-order valence-corrected chi connectivity index (χ0v) is 16.1. The maximum Gasteiger partial charge on any atom is 0.356 e. The molecule has 1 aromatic carbocycles. The van der Waals surface area contributed by atoms with Crippen molar-refractivity contribution >= 4 is 17.6 Å². The number of hydrogen-bond acceptors (Lipinski definition) is 4. The third-order valence-electron chi connectivity index (χ3n) is 5.02. The minimum absolute atomic E-state index is 0.0663. The van der Waals surface area contributed by atoms with E-state index in [1.165, 1.54) is 17.3 Å². The van der Waals surface area contributed by atoms with Crippen LogP contribution in [0.1, 0.15) is 65.4 Å². The molecule has 1 amide bonds. The maximum absolute atomic E-state index is 12.5. The van der Waals surface area contributed by atoms with E-state index in [9.17, 15) is 9.59 Å². The number of benzene rings is 1. The first-order chi connectivity index (χ1) is 12.5. The second-order valence-electron chi connectivity index (χ2n) is 8.04. The molecule has 27 heavy (non-hydrogen) atoms. The number of hydrogen-bond donors (Lipinski definition) is 2. The highest BCUT2D eigenvalue weighted by Crippen LogP contribution is 2.43. The molecular weight excluding hydrogens is 342 g/mol. The van der Waals surface area contributed by atoms with Crippen LogP contribution in [-0.2, 0) is 10.8 Å². The Balaban J connectivity index is 1.94. The fourth-order valence-corrected chi connectivity index (χ4v) is 3.25. The van der Waals surface area contributed by atoms with Crippen LogP contribution in [0.15, 0.2) is 36.7 Å². The van der Waals surface area contributed by atoms with Crippen LogP contribution < -0.4 is 5.32 Å². The van der Waals surface area contributed by atoms with Gasteiger partial charge in [-0.1, -0.05) is 45.9 Å². The number of carboxylic acid groups (broad SMARTS) is 1. The smallest absolute Gasteiger partial charge is 0.356 e. The van der Waals surface area contributed by atoms with Crippen LogP contribution in [0.25, 0.3) is 0 Å². The van der Waals surface area contributed by atoms with Crippen LogP contribution in [0.5, 0.6) is 0 Å². The average molecular weight is 365 g/mol. The van der Waals surface area contributed by atoms with Gasteiger partial charge in [0.05, 0.1) is 12.4 Å². The summed E-state index contributed by atoms with van der Waals surface area (Å²) in [7, 11) is 0. The second kappa shape index (κ2) is 6.30. The molecule has 0 saturated carbocycles. The number of anilines is 1. The second-order valence-corrected chi connectivity index (χ2v) is 8.04. The summed E-state index contributed by atoms with van der Waals surface area (Å²) in [5.41, 5.74) is 3.73. The zero-order valence-electron chi connectivity index (χ0n) is 16.1. The van der Waals surface area contributed by atoms with Crippen molar-refractivity contribution in [3.63, 3.8) is 0 Å². The summed E-state index contributed by atoms with van der Waals surface area (Å²) < 4.78 is 0. The standard InChI is InChI=1S/C21H23N3O3/c1-12-8-13-14(21(4,5)7-6-20(13,2)3)9-15(12)24-18(25)16-10-23-17(11-22-16)19(26)27/h6-11H,1-5H3,(H,24,25)(H,26,27). The van der Waals surface area contributed by atoms with Crippen molar-refractivity contribution < 1.29 is 14.7 Å². The Labute approximate surface area is 158 Å². The molecule has 0 spiro atoms. The van der Waals surface area contributed by atoms with Crippen molar-refractivity contribution in [1.29, 1.82) is 0 Å². The van der Waals surface area contributed by atoms with E-state index in [0.717, 1.165) is 11.8 Å². The number of allylic oxidation sites excluding steroid dienone is 2. The fraction of sp³-hybridized carbons (Fsp3) is 0.333. The molecule has 6 heteroatoms. The Kier molecular flexibility index (Phi) is 4.38. The monoisotopic (exact) mass is 365 g/mol. The first kappa shape index (κ1) is 18.8. The molecule has 1 aliphatic rings. The van der Waals surface area contributed by atoms with E-state index in [0.29, 0.717) is 5.69 Å². The Hall–Kier alpha value is -3.02. The summed E-state index contributed by atoms with van der Waals surface area (Å²) in [6.45, 7) is 10.6. The minimum atomic E-state index is -1.18. The molecule has 2 N–H and O–H groups in total. The largest absolute Gasteiger partial charge is 0.476 e. The number of rotatable bonds is 3. The highest BCUT2D eigenvalue weighted by molar-refractivity contribution is 6.03. The van der Waals surface area contributed by atoms with Gasteiger partial charge < -0.3 is 10.4 Å². The number of carbonyl (C=O) groups is 2. The van der Waals surface area contributed by atoms with Crippen molar-refractivity contribution in [2.75, 3.05) is 5.32 Å². The molecule has 140 valence electrons. The molecule has 0 fully saturated rings. The number of aromatic nitrogens is 2. The lowest BCUT2D eigenvalue weighted by molar-refractivity contribution is 0.0689. The van der Waals surface area contributed by atoms with Gasteiger partial charge in [-0.25, -0.2) is 14.8 Å². The van der Waals surface area contributed by atoms with E-state index < -0.39 is 11.9 Å². The minimum Gasteiger partial charge on any atom is -0.476 e. The fourth-order valence-electron chi connectivity index (χ4n) is 3.25. The number of fused-ring (bicyclic) bond motifs is 1. The van der Waals surface area contributed by atoms with Crippen molar-refractivity contribution in [3.8, 4) is 0 Å². The van der Waals surface area contributed by atoms with E-state index in [2.05, 4.69) is 61.2 Å². The van der Waals surface area contributed by atoms with E-state index in [-0.39, 0.29) is 22.2 Å². The molecular formula is C21H23N3O3. The van der Waals surface area contributed by atoms with Gasteiger partial charge in [0.2, 0.25) is 0 Å². The van der Waals surface area contributed by atoms with Crippen LogP contribution in [0, 0.1) is 6.92 Å². The number of nitrogens with one attached hydrogen (secondary N) is 1. The number of aromatic carboxylic acids is 1. The van der Waals surface area contributed by atoms with Crippen LogP contribution >= 0.6 is 0 Å². The molecule has 0 bridgehead atoms. The van der Waals surface area contributed by atoms with E-state index in [1.54, 1.807) is 0 Å². The first-order valence-electron chi connectivity index (χ1n) is 8.74. The molecule has 1 aliphatic carbocycles. The normalized spacial score (nSPS) is 16.5. The van der Waals surface area contributed by atoms with Crippen molar-refractivity contribution in [2.45, 2.75) is 45.4 Å². The Morgan fingerprint density at radius 2 is 1.44 bits per heavy atom. The lowest BCUT2D eigenvalue weighted by atomic mass is 9.67. The lowest BCUT2D eigenvalue weighted by Gasteiger charge is -2.37.